The maximum Gasteiger partial charge on any atom is 0.267 e. The van der Waals surface area contributed by atoms with Crippen molar-refractivity contribution in [3.63, 3.8) is 0 Å². The molecule has 3 aliphatic rings. The summed E-state index contributed by atoms with van der Waals surface area (Å²) in [6.07, 6.45) is 5.40. The lowest BCUT2D eigenvalue weighted by Gasteiger charge is -2.32. The second-order valence-corrected chi connectivity index (χ2v) is 7.06. The first-order valence-corrected chi connectivity index (χ1v) is 9.23. The van der Waals surface area contributed by atoms with Crippen molar-refractivity contribution in [1.29, 1.82) is 0 Å². The zero-order valence-corrected chi connectivity index (χ0v) is 14.4. The number of amides is 2. The summed E-state index contributed by atoms with van der Waals surface area (Å²) in [5.41, 5.74) is 1.16. The van der Waals surface area contributed by atoms with Crippen molar-refractivity contribution >= 4 is 23.2 Å². The predicted molar refractivity (Wildman–Crippen MR) is 96.4 cm³/mol. The van der Waals surface area contributed by atoms with Crippen LogP contribution in [0.1, 0.15) is 38.5 Å². The average Bonchev–Trinajstić information content (AvgIpc) is 3.06. The Morgan fingerprint density at radius 3 is 2.76 bits per heavy atom. The van der Waals surface area contributed by atoms with E-state index in [1.54, 1.807) is 0 Å². The number of hydrogen-bond donors (Lipinski definition) is 1. The van der Waals surface area contributed by atoms with Crippen molar-refractivity contribution in [2.24, 2.45) is 5.10 Å². The lowest BCUT2D eigenvalue weighted by Crippen LogP contribution is -2.49. The molecule has 2 atom stereocenters. The summed E-state index contributed by atoms with van der Waals surface area (Å²) in [6, 6.07) is 9.96. The maximum atomic E-state index is 12.7. The molecule has 2 amide bonds. The molecule has 132 valence electrons. The Labute approximate surface area is 147 Å². The zero-order valence-electron chi connectivity index (χ0n) is 14.4. The minimum absolute atomic E-state index is 0.0675. The van der Waals surface area contributed by atoms with Crippen LogP contribution in [0.2, 0.25) is 0 Å². The predicted octanol–water partition coefficient (Wildman–Crippen LogP) is 1.91. The molecule has 0 spiro atoms. The van der Waals surface area contributed by atoms with E-state index < -0.39 is 0 Å². The smallest absolute Gasteiger partial charge is 0.267 e. The van der Waals surface area contributed by atoms with Gasteiger partial charge in [0.1, 0.15) is 5.71 Å². The molecule has 4 rings (SSSR count). The van der Waals surface area contributed by atoms with Crippen LogP contribution in [0.25, 0.3) is 0 Å². The van der Waals surface area contributed by atoms with E-state index in [9.17, 15) is 9.59 Å². The lowest BCUT2D eigenvalue weighted by molar-refractivity contribution is -0.119. The Balaban J connectivity index is 1.47. The molecule has 0 radical (unpaired) electrons. The highest BCUT2D eigenvalue weighted by atomic mass is 16.2. The molecule has 3 heterocycles. The van der Waals surface area contributed by atoms with Crippen LogP contribution in [-0.2, 0) is 9.59 Å². The van der Waals surface area contributed by atoms with Crippen molar-refractivity contribution in [3.8, 4) is 0 Å². The number of rotatable bonds is 3. The third-order valence-corrected chi connectivity index (χ3v) is 5.47. The number of hydrazone groups is 1. The van der Waals surface area contributed by atoms with Crippen molar-refractivity contribution in [1.82, 2.24) is 10.2 Å². The Kier molecular flexibility index (Phi) is 4.53. The number of nitrogens with one attached hydrogen (secondary N) is 1. The fourth-order valence-corrected chi connectivity index (χ4v) is 4.15. The van der Waals surface area contributed by atoms with Gasteiger partial charge in [0.05, 0.1) is 5.69 Å². The highest BCUT2D eigenvalue weighted by molar-refractivity contribution is 6.40. The summed E-state index contributed by atoms with van der Waals surface area (Å²) in [5, 5.41) is 8.90. The van der Waals surface area contributed by atoms with Crippen molar-refractivity contribution in [3.05, 3.63) is 30.3 Å². The molecular formula is C19H24N4O2. The number of piperidine rings is 1. The van der Waals surface area contributed by atoms with Gasteiger partial charge >= 0.3 is 0 Å². The second-order valence-electron chi connectivity index (χ2n) is 7.06. The van der Waals surface area contributed by atoms with Gasteiger partial charge in [0.25, 0.3) is 5.91 Å². The third-order valence-electron chi connectivity index (χ3n) is 5.47. The topological polar surface area (TPSA) is 65.0 Å². The van der Waals surface area contributed by atoms with Gasteiger partial charge in [0, 0.05) is 31.5 Å². The van der Waals surface area contributed by atoms with Crippen LogP contribution in [0.3, 0.4) is 0 Å². The summed E-state index contributed by atoms with van der Waals surface area (Å²) in [6.45, 7) is 2.21. The van der Waals surface area contributed by atoms with Gasteiger partial charge in [0.15, 0.2) is 0 Å². The standard InChI is InChI=1S/C19H24N4O2/c24-18-10-9-16(21-23(18)14-6-2-1-3-7-14)19(25)20-15-11-13-22-12-5-4-8-17(15)22/h1-3,6-7,15,17H,4-5,8-13H2,(H,20,25)/t15-,17+/m0/s1. The molecule has 1 aromatic carbocycles. The van der Waals surface area contributed by atoms with Gasteiger partial charge < -0.3 is 5.32 Å². The van der Waals surface area contributed by atoms with Crippen molar-refractivity contribution in [2.45, 2.75) is 50.6 Å². The summed E-state index contributed by atoms with van der Waals surface area (Å²) in [7, 11) is 0. The minimum atomic E-state index is -0.120. The first kappa shape index (κ1) is 16.3. The molecule has 1 N–H and O–H groups in total. The van der Waals surface area contributed by atoms with E-state index >= 15 is 0 Å². The lowest BCUT2D eigenvalue weighted by atomic mass is 9.98. The minimum Gasteiger partial charge on any atom is -0.347 e. The van der Waals surface area contributed by atoms with Gasteiger partial charge in [-0.1, -0.05) is 24.6 Å². The first-order valence-electron chi connectivity index (χ1n) is 9.23. The summed E-state index contributed by atoms with van der Waals surface area (Å²) in [4.78, 5) is 27.4. The van der Waals surface area contributed by atoms with E-state index in [0.717, 1.165) is 25.9 Å². The van der Waals surface area contributed by atoms with Crippen LogP contribution in [-0.4, -0.2) is 47.6 Å². The quantitative estimate of drug-likeness (QED) is 0.914. The van der Waals surface area contributed by atoms with E-state index in [1.165, 1.54) is 17.9 Å². The number of fused-ring (bicyclic) bond motifs is 1. The molecule has 25 heavy (non-hydrogen) atoms. The number of carbonyl (C=O) groups is 2. The molecule has 0 aromatic heterocycles. The van der Waals surface area contributed by atoms with E-state index in [0.29, 0.717) is 30.3 Å². The molecular weight excluding hydrogens is 316 g/mol. The van der Waals surface area contributed by atoms with Crippen LogP contribution in [0.15, 0.2) is 35.4 Å². The Bertz CT molecular complexity index is 688. The van der Waals surface area contributed by atoms with Gasteiger partial charge in [-0.25, -0.2) is 5.01 Å². The van der Waals surface area contributed by atoms with Gasteiger partial charge in [0.2, 0.25) is 5.91 Å². The normalized spacial score (nSPS) is 27.0. The number of nitrogens with zero attached hydrogens (tertiary/aromatic N) is 3. The number of anilines is 1. The summed E-state index contributed by atoms with van der Waals surface area (Å²) < 4.78 is 0. The van der Waals surface area contributed by atoms with Gasteiger partial charge in [-0.2, -0.15) is 5.10 Å². The highest BCUT2D eigenvalue weighted by Gasteiger charge is 2.37. The molecule has 6 heteroatoms. The largest absolute Gasteiger partial charge is 0.347 e. The fourth-order valence-electron chi connectivity index (χ4n) is 4.15. The number of carbonyl (C=O) groups excluding carboxylic acids is 2. The number of hydrogen-bond acceptors (Lipinski definition) is 4. The van der Waals surface area contributed by atoms with Crippen molar-refractivity contribution in [2.75, 3.05) is 18.1 Å². The Morgan fingerprint density at radius 1 is 1.08 bits per heavy atom. The van der Waals surface area contributed by atoms with Crippen LogP contribution < -0.4 is 10.3 Å². The molecule has 2 saturated heterocycles. The highest BCUT2D eigenvalue weighted by Crippen LogP contribution is 2.27. The Hall–Kier alpha value is -2.21. The monoisotopic (exact) mass is 340 g/mol. The van der Waals surface area contributed by atoms with Gasteiger partial charge in [-0.05, 0) is 37.9 Å². The zero-order chi connectivity index (χ0) is 17.2. The van der Waals surface area contributed by atoms with E-state index in [-0.39, 0.29) is 17.9 Å². The maximum absolute atomic E-state index is 12.7. The summed E-state index contributed by atoms with van der Waals surface area (Å²) >= 11 is 0. The van der Waals surface area contributed by atoms with Gasteiger partial charge in [-0.15, -0.1) is 0 Å². The number of benzene rings is 1. The fraction of sp³-hybridized carbons (Fsp3) is 0.526. The van der Waals surface area contributed by atoms with Crippen LogP contribution in [0.4, 0.5) is 5.69 Å². The third kappa shape index (κ3) is 3.31. The van der Waals surface area contributed by atoms with E-state index in [2.05, 4.69) is 15.3 Å². The molecule has 0 unspecified atom stereocenters. The average molecular weight is 340 g/mol. The van der Waals surface area contributed by atoms with Gasteiger partial charge in [-0.3, -0.25) is 14.5 Å². The molecule has 6 nitrogen and oxygen atoms in total. The molecule has 0 aliphatic carbocycles. The van der Waals surface area contributed by atoms with Crippen LogP contribution in [0.5, 0.6) is 0 Å². The van der Waals surface area contributed by atoms with E-state index in [1.807, 2.05) is 30.3 Å². The number of para-hydroxylation sites is 1. The molecule has 1 aromatic rings. The molecule has 2 fully saturated rings. The molecule has 0 saturated carbocycles. The second kappa shape index (κ2) is 6.96. The molecule has 0 bridgehead atoms. The summed E-state index contributed by atoms with van der Waals surface area (Å²) in [5.74, 6) is -0.187. The van der Waals surface area contributed by atoms with Crippen LogP contribution in [0, 0.1) is 0 Å². The van der Waals surface area contributed by atoms with E-state index in [4.69, 9.17) is 0 Å². The Morgan fingerprint density at radius 2 is 1.92 bits per heavy atom. The molecule has 3 aliphatic heterocycles. The van der Waals surface area contributed by atoms with Crippen molar-refractivity contribution < 1.29 is 9.59 Å². The SMILES string of the molecule is O=C(N[C@H]1CCN2CCCC[C@H]12)C1=NN(c2ccccc2)C(=O)CC1. The van der Waals surface area contributed by atoms with Crippen LogP contribution >= 0.6 is 0 Å². The first-order chi connectivity index (χ1) is 12.2.